The maximum Gasteiger partial charge on any atom is 0.306 e. The highest BCUT2D eigenvalue weighted by Gasteiger charge is 2.19. The summed E-state index contributed by atoms with van der Waals surface area (Å²) in [6.45, 7) is 6.47. The van der Waals surface area contributed by atoms with E-state index in [-0.39, 0.29) is 31.1 Å². The molecule has 0 bridgehead atoms. The van der Waals surface area contributed by atoms with Gasteiger partial charge in [0.25, 0.3) is 0 Å². The van der Waals surface area contributed by atoms with Crippen LogP contribution in [0.2, 0.25) is 0 Å². The molecule has 460 valence electrons. The van der Waals surface area contributed by atoms with Crippen molar-refractivity contribution in [2.45, 2.75) is 309 Å². The monoisotopic (exact) mass is 1120 g/mol. The zero-order valence-electron chi connectivity index (χ0n) is 52.8. The molecule has 0 heterocycles. The largest absolute Gasteiger partial charge is 0.462 e. The molecular weight excluding hydrogens is 997 g/mol. The van der Waals surface area contributed by atoms with E-state index in [0.29, 0.717) is 19.3 Å². The predicted octanol–water partition coefficient (Wildman–Crippen LogP) is 23.3. The van der Waals surface area contributed by atoms with Crippen molar-refractivity contribution in [3.8, 4) is 0 Å². The van der Waals surface area contributed by atoms with Crippen molar-refractivity contribution in [2.75, 3.05) is 13.2 Å². The summed E-state index contributed by atoms with van der Waals surface area (Å²) in [5.41, 5.74) is 0. The third-order valence-electron chi connectivity index (χ3n) is 14.1. The Morgan fingerprint density at radius 1 is 0.259 bits per heavy atom. The van der Waals surface area contributed by atoms with Gasteiger partial charge in [-0.2, -0.15) is 0 Å². The molecule has 0 fully saturated rings. The van der Waals surface area contributed by atoms with Gasteiger partial charge in [0.1, 0.15) is 13.2 Å². The normalized spacial score (nSPS) is 13.0. The summed E-state index contributed by atoms with van der Waals surface area (Å²) in [5.74, 6) is -0.918. The highest BCUT2D eigenvalue weighted by atomic mass is 16.6. The van der Waals surface area contributed by atoms with Crippen LogP contribution >= 0.6 is 0 Å². The number of esters is 3. The molecule has 0 rings (SSSR count). The maximum atomic E-state index is 12.9. The summed E-state index contributed by atoms with van der Waals surface area (Å²) < 4.78 is 16.9. The fourth-order valence-electron chi connectivity index (χ4n) is 9.07. The van der Waals surface area contributed by atoms with Crippen molar-refractivity contribution in [2.24, 2.45) is 0 Å². The zero-order chi connectivity index (χ0) is 58.5. The first-order valence-electron chi connectivity index (χ1n) is 33.7. The standard InChI is InChI=1S/C75H124O6/c1-4-7-10-13-16-19-22-25-28-31-33-34-35-36-37-38-39-40-42-44-47-50-53-56-59-62-65-68-74(77)80-71-72(70-79-73(76)67-64-61-58-55-52-49-46-43-30-27-24-21-18-15-12-9-6-3)81-75(78)69-66-63-60-57-54-51-48-45-41-32-29-26-23-20-17-14-11-8-5-2/h7,10,16-21,25-30,33-34,36-37,39-40,44,47,72H,4-6,8-9,11-15,22-24,31-32,35,38,41-43,45-46,48-71H2,1-3H3/b10-7-,19-16-,20-17-,21-18-,28-25-,29-26-,30-27-,34-33-,37-36-,40-39-,47-44-. The van der Waals surface area contributed by atoms with E-state index in [0.717, 1.165) is 141 Å². The van der Waals surface area contributed by atoms with E-state index < -0.39 is 6.10 Å². The van der Waals surface area contributed by atoms with Gasteiger partial charge >= 0.3 is 17.9 Å². The summed E-state index contributed by atoms with van der Waals surface area (Å²) in [6, 6.07) is 0. The van der Waals surface area contributed by atoms with Crippen LogP contribution in [0.3, 0.4) is 0 Å². The molecule has 0 aliphatic heterocycles. The number of unbranched alkanes of at least 4 members (excludes halogenated alkanes) is 27. The van der Waals surface area contributed by atoms with Crippen molar-refractivity contribution in [1.29, 1.82) is 0 Å². The Morgan fingerprint density at radius 3 is 0.753 bits per heavy atom. The molecule has 0 spiro atoms. The molecule has 6 nitrogen and oxygen atoms in total. The van der Waals surface area contributed by atoms with Crippen molar-refractivity contribution < 1.29 is 28.6 Å². The summed E-state index contributed by atoms with van der Waals surface area (Å²) >= 11 is 0. The van der Waals surface area contributed by atoms with E-state index in [1.165, 1.54) is 122 Å². The SMILES string of the molecule is CC/C=C\C/C=C\C/C=C\C/C=C\C/C=C\C/C=C\C/C=C\CCCCCCCC(=O)OCC(COC(=O)CCCCCCCCC/C=C\C/C=C\CCCCC)OC(=O)CCCCCCCCCCC/C=C\C/C=C\CCCCC. The molecule has 0 aromatic carbocycles. The first kappa shape index (κ1) is 76.5. The second kappa shape index (κ2) is 68.1. The van der Waals surface area contributed by atoms with Crippen LogP contribution in [0.25, 0.3) is 0 Å². The number of allylic oxidation sites excluding steroid dienone is 22. The van der Waals surface area contributed by atoms with Crippen molar-refractivity contribution in [3.63, 3.8) is 0 Å². The highest BCUT2D eigenvalue weighted by Crippen LogP contribution is 2.15. The van der Waals surface area contributed by atoms with Crippen LogP contribution in [0.15, 0.2) is 134 Å². The van der Waals surface area contributed by atoms with Crippen LogP contribution in [-0.2, 0) is 28.6 Å². The highest BCUT2D eigenvalue weighted by molar-refractivity contribution is 5.71. The van der Waals surface area contributed by atoms with E-state index in [4.69, 9.17) is 14.2 Å². The molecule has 0 aliphatic carbocycles. The Labute approximate surface area is 500 Å². The summed E-state index contributed by atoms with van der Waals surface area (Å²) in [4.78, 5) is 38.4. The predicted molar refractivity (Wildman–Crippen MR) is 353 cm³/mol. The number of ether oxygens (including phenoxy) is 3. The zero-order valence-corrected chi connectivity index (χ0v) is 52.8. The molecule has 0 saturated heterocycles. The Kier molecular flexibility index (Phi) is 64.3. The summed E-state index contributed by atoms with van der Waals surface area (Å²) in [6.07, 6.45) is 95.9. The lowest BCUT2D eigenvalue weighted by molar-refractivity contribution is -0.167. The van der Waals surface area contributed by atoms with Gasteiger partial charge < -0.3 is 14.2 Å². The maximum absolute atomic E-state index is 12.9. The Balaban J connectivity index is 4.44. The minimum Gasteiger partial charge on any atom is -0.462 e. The van der Waals surface area contributed by atoms with Gasteiger partial charge in [-0.3, -0.25) is 14.4 Å². The Bertz CT molecular complexity index is 1720. The van der Waals surface area contributed by atoms with Gasteiger partial charge in [0.2, 0.25) is 0 Å². The molecule has 81 heavy (non-hydrogen) atoms. The van der Waals surface area contributed by atoms with Gasteiger partial charge in [-0.1, -0.05) is 276 Å². The molecule has 0 aromatic rings. The van der Waals surface area contributed by atoms with Crippen LogP contribution in [0.1, 0.15) is 303 Å². The van der Waals surface area contributed by atoms with Crippen LogP contribution in [-0.4, -0.2) is 37.2 Å². The van der Waals surface area contributed by atoms with Crippen LogP contribution in [0.4, 0.5) is 0 Å². The molecule has 0 saturated carbocycles. The van der Waals surface area contributed by atoms with Crippen molar-refractivity contribution in [1.82, 2.24) is 0 Å². The number of carbonyl (C=O) groups is 3. The fourth-order valence-corrected chi connectivity index (χ4v) is 9.07. The topological polar surface area (TPSA) is 78.9 Å². The van der Waals surface area contributed by atoms with Crippen LogP contribution in [0.5, 0.6) is 0 Å². The number of hydrogen-bond acceptors (Lipinski definition) is 6. The van der Waals surface area contributed by atoms with Crippen LogP contribution < -0.4 is 0 Å². The summed E-state index contributed by atoms with van der Waals surface area (Å²) in [7, 11) is 0. The third-order valence-corrected chi connectivity index (χ3v) is 14.1. The molecular formula is C75H124O6. The molecule has 0 aromatic heterocycles. The third kappa shape index (κ3) is 66.2. The van der Waals surface area contributed by atoms with Crippen molar-refractivity contribution in [3.05, 3.63) is 134 Å². The van der Waals surface area contributed by atoms with Gasteiger partial charge in [0, 0.05) is 19.3 Å². The van der Waals surface area contributed by atoms with E-state index in [2.05, 4.69) is 154 Å². The van der Waals surface area contributed by atoms with E-state index in [1.54, 1.807) is 0 Å². The molecule has 6 heteroatoms. The first-order chi connectivity index (χ1) is 40.0. The summed E-state index contributed by atoms with van der Waals surface area (Å²) in [5, 5.41) is 0. The van der Waals surface area contributed by atoms with E-state index in [1.807, 2.05) is 0 Å². The van der Waals surface area contributed by atoms with Crippen molar-refractivity contribution >= 4 is 17.9 Å². The quantitative estimate of drug-likeness (QED) is 0.0261. The Hall–Kier alpha value is -4.45. The second-order valence-electron chi connectivity index (χ2n) is 22.0. The fraction of sp³-hybridized carbons (Fsp3) is 0.667. The average molecular weight is 1120 g/mol. The number of carbonyl (C=O) groups excluding carboxylic acids is 3. The smallest absolute Gasteiger partial charge is 0.306 e. The lowest BCUT2D eigenvalue weighted by Gasteiger charge is -2.18. The average Bonchev–Trinajstić information content (AvgIpc) is 3.47. The molecule has 1 unspecified atom stereocenters. The van der Waals surface area contributed by atoms with Crippen LogP contribution in [0, 0.1) is 0 Å². The van der Waals surface area contributed by atoms with Gasteiger partial charge in [0.15, 0.2) is 6.10 Å². The minimum absolute atomic E-state index is 0.0930. The lowest BCUT2D eigenvalue weighted by atomic mass is 10.1. The molecule has 0 amide bonds. The van der Waals surface area contributed by atoms with Gasteiger partial charge in [-0.15, -0.1) is 0 Å². The molecule has 0 N–H and O–H groups in total. The number of hydrogen-bond donors (Lipinski definition) is 0. The number of rotatable bonds is 60. The lowest BCUT2D eigenvalue weighted by Crippen LogP contribution is -2.30. The van der Waals surface area contributed by atoms with Gasteiger partial charge in [-0.05, 0) is 141 Å². The van der Waals surface area contributed by atoms with Gasteiger partial charge in [-0.25, -0.2) is 0 Å². The minimum atomic E-state index is -0.799. The van der Waals surface area contributed by atoms with Gasteiger partial charge in [0.05, 0.1) is 0 Å². The Morgan fingerprint density at radius 2 is 0.481 bits per heavy atom. The first-order valence-corrected chi connectivity index (χ1v) is 33.7. The molecule has 1 atom stereocenters. The van der Waals surface area contributed by atoms with E-state index >= 15 is 0 Å². The second-order valence-corrected chi connectivity index (χ2v) is 22.0. The molecule has 0 aliphatic rings. The van der Waals surface area contributed by atoms with E-state index in [9.17, 15) is 14.4 Å². The molecule has 0 radical (unpaired) electrons.